The van der Waals surface area contributed by atoms with Crippen LogP contribution in [0.2, 0.25) is 5.02 Å². The van der Waals surface area contributed by atoms with Crippen LogP contribution in [0.3, 0.4) is 0 Å². The number of nitrogens with one attached hydrogen (secondary N) is 1. The fraction of sp³-hybridized carbons (Fsp3) is 0.462. The number of carbonyl (C=O) groups excluding carboxylic acids is 2. The minimum atomic E-state index is -3.68. The molecule has 2 fully saturated rings. The van der Waals surface area contributed by atoms with Crippen LogP contribution >= 0.6 is 11.6 Å². The molecular formula is C26H30ClN3O4S. The van der Waals surface area contributed by atoms with Crippen LogP contribution in [0.1, 0.15) is 43.7 Å². The fourth-order valence-electron chi connectivity index (χ4n) is 5.12. The van der Waals surface area contributed by atoms with E-state index in [0.717, 1.165) is 29.7 Å². The first-order valence-corrected chi connectivity index (χ1v) is 14.0. The van der Waals surface area contributed by atoms with Gasteiger partial charge in [0.15, 0.2) is 0 Å². The second-order valence-corrected chi connectivity index (χ2v) is 12.3. The minimum absolute atomic E-state index is 0.0356. The standard InChI is InChI=1S/C26H30ClN3O4S/c1-16-14-20-15-21(8-9-24(20)30(16)26(32)19-6-7-19)35(33,34)29-12-10-18(11-13-29)25(31)28-23-5-3-4-22(27)17(23)2/h3-5,8-9,15-16,18-19H,6-7,10-14H2,1-2H3,(H,28,31)/t16-/m0/s1. The molecule has 2 aromatic rings. The predicted molar refractivity (Wildman–Crippen MR) is 136 cm³/mol. The van der Waals surface area contributed by atoms with Crippen molar-refractivity contribution in [1.29, 1.82) is 0 Å². The van der Waals surface area contributed by atoms with E-state index in [0.29, 0.717) is 30.0 Å². The number of sulfonamides is 1. The molecule has 1 aliphatic carbocycles. The molecule has 2 aliphatic heterocycles. The molecule has 2 aromatic carbocycles. The zero-order valence-corrected chi connectivity index (χ0v) is 21.5. The normalized spacial score (nSPS) is 21.1. The molecule has 0 spiro atoms. The minimum Gasteiger partial charge on any atom is -0.326 e. The second-order valence-electron chi connectivity index (χ2n) is 9.91. The number of halogens is 1. The first-order chi connectivity index (χ1) is 16.7. The molecule has 2 amide bonds. The number of hydrogen-bond donors (Lipinski definition) is 1. The van der Waals surface area contributed by atoms with Crippen LogP contribution in [0.15, 0.2) is 41.3 Å². The summed E-state index contributed by atoms with van der Waals surface area (Å²) in [5, 5.41) is 3.53. The maximum atomic E-state index is 13.4. The molecule has 0 aromatic heterocycles. The lowest BCUT2D eigenvalue weighted by atomic mass is 9.97. The van der Waals surface area contributed by atoms with Crippen LogP contribution in [0, 0.1) is 18.8 Å². The molecule has 35 heavy (non-hydrogen) atoms. The first-order valence-electron chi connectivity index (χ1n) is 12.2. The summed E-state index contributed by atoms with van der Waals surface area (Å²) in [5.74, 6) is -0.102. The first kappa shape index (κ1) is 24.3. The molecule has 0 bridgehead atoms. The molecule has 2 heterocycles. The Balaban J connectivity index is 1.25. The Morgan fingerprint density at radius 1 is 1.03 bits per heavy atom. The molecule has 1 atom stereocenters. The number of rotatable bonds is 5. The van der Waals surface area contributed by atoms with Crippen molar-refractivity contribution in [2.75, 3.05) is 23.3 Å². The maximum Gasteiger partial charge on any atom is 0.243 e. The van der Waals surface area contributed by atoms with Gasteiger partial charge < -0.3 is 10.2 Å². The largest absolute Gasteiger partial charge is 0.326 e. The molecule has 1 saturated heterocycles. The van der Waals surface area contributed by atoms with Crippen molar-refractivity contribution in [3.05, 3.63) is 52.5 Å². The van der Waals surface area contributed by atoms with Gasteiger partial charge >= 0.3 is 0 Å². The Hall–Kier alpha value is -2.42. The third-order valence-electron chi connectivity index (χ3n) is 7.42. The average Bonchev–Trinajstić information content (AvgIpc) is 3.63. The molecule has 3 aliphatic rings. The summed E-state index contributed by atoms with van der Waals surface area (Å²) in [7, 11) is -3.68. The van der Waals surface area contributed by atoms with Gasteiger partial charge in [0.05, 0.1) is 4.90 Å². The number of fused-ring (bicyclic) bond motifs is 1. The summed E-state index contributed by atoms with van der Waals surface area (Å²) in [6, 6.07) is 10.5. The number of nitrogens with zero attached hydrogens (tertiary/aromatic N) is 2. The second kappa shape index (κ2) is 9.22. The van der Waals surface area contributed by atoms with Crippen molar-refractivity contribution in [3.63, 3.8) is 0 Å². The Bertz CT molecular complexity index is 1280. The van der Waals surface area contributed by atoms with E-state index in [-0.39, 0.29) is 47.7 Å². The third-order valence-corrected chi connectivity index (χ3v) is 9.72. The highest BCUT2D eigenvalue weighted by atomic mass is 35.5. The Labute approximate surface area is 211 Å². The van der Waals surface area contributed by atoms with Gasteiger partial charge in [-0.2, -0.15) is 4.31 Å². The van der Waals surface area contributed by atoms with Gasteiger partial charge in [-0.1, -0.05) is 17.7 Å². The summed E-state index contributed by atoms with van der Waals surface area (Å²) < 4.78 is 28.2. The molecule has 0 radical (unpaired) electrons. The average molecular weight is 516 g/mol. The van der Waals surface area contributed by atoms with Crippen molar-refractivity contribution < 1.29 is 18.0 Å². The van der Waals surface area contributed by atoms with Gasteiger partial charge in [0.2, 0.25) is 21.8 Å². The molecule has 7 nitrogen and oxygen atoms in total. The van der Waals surface area contributed by atoms with Crippen LogP contribution < -0.4 is 10.2 Å². The van der Waals surface area contributed by atoms with Gasteiger partial charge in [-0.25, -0.2) is 8.42 Å². The van der Waals surface area contributed by atoms with Gasteiger partial charge in [0.25, 0.3) is 0 Å². The number of amides is 2. The van der Waals surface area contributed by atoms with Crippen LogP contribution in [0.25, 0.3) is 0 Å². The van der Waals surface area contributed by atoms with Gasteiger partial charge in [0, 0.05) is 47.4 Å². The van der Waals surface area contributed by atoms with E-state index < -0.39 is 10.0 Å². The van der Waals surface area contributed by atoms with Gasteiger partial charge in [0.1, 0.15) is 0 Å². The van der Waals surface area contributed by atoms with Crippen LogP contribution in [-0.4, -0.2) is 43.7 Å². The molecule has 9 heteroatoms. The number of carbonyl (C=O) groups is 2. The summed E-state index contributed by atoms with van der Waals surface area (Å²) in [6.45, 7) is 4.43. The molecular weight excluding hydrogens is 486 g/mol. The number of hydrogen-bond acceptors (Lipinski definition) is 4. The number of piperidine rings is 1. The van der Waals surface area contributed by atoms with E-state index in [1.807, 2.05) is 24.8 Å². The van der Waals surface area contributed by atoms with Gasteiger partial charge in [-0.05, 0) is 87.4 Å². The fourth-order valence-corrected chi connectivity index (χ4v) is 6.81. The summed E-state index contributed by atoms with van der Waals surface area (Å²) in [6.07, 6.45) is 3.45. The van der Waals surface area contributed by atoms with Crippen molar-refractivity contribution in [1.82, 2.24) is 4.31 Å². The van der Waals surface area contributed by atoms with E-state index in [1.54, 1.807) is 30.3 Å². The van der Waals surface area contributed by atoms with Crippen molar-refractivity contribution in [2.24, 2.45) is 11.8 Å². The molecule has 1 N–H and O–H groups in total. The highest BCUT2D eigenvalue weighted by molar-refractivity contribution is 7.89. The summed E-state index contributed by atoms with van der Waals surface area (Å²) in [4.78, 5) is 27.6. The topological polar surface area (TPSA) is 86.8 Å². The third kappa shape index (κ3) is 4.59. The Morgan fingerprint density at radius 2 is 1.74 bits per heavy atom. The monoisotopic (exact) mass is 515 g/mol. The molecule has 1 saturated carbocycles. The van der Waals surface area contributed by atoms with Crippen molar-refractivity contribution in [2.45, 2.75) is 56.9 Å². The van der Waals surface area contributed by atoms with Crippen LogP contribution in [-0.2, 0) is 26.0 Å². The predicted octanol–water partition coefficient (Wildman–Crippen LogP) is 4.38. The Kier molecular flexibility index (Phi) is 6.40. The van der Waals surface area contributed by atoms with Crippen molar-refractivity contribution >= 4 is 44.8 Å². The zero-order chi connectivity index (χ0) is 24.9. The van der Waals surface area contributed by atoms with Crippen molar-refractivity contribution in [3.8, 4) is 0 Å². The van der Waals surface area contributed by atoms with Crippen LogP contribution in [0.5, 0.6) is 0 Å². The lowest BCUT2D eigenvalue weighted by Gasteiger charge is -2.31. The van der Waals surface area contributed by atoms with E-state index in [2.05, 4.69) is 5.32 Å². The number of anilines is 2. The van der Waals surface area contributed by atoms with Gasteiger partial charge in [-0.3, -0.25) is 9.59 Å². The molecule has 5 rings (SSSR count). The Morgan fingerprint density at radius 3 is 2.43 bits per heavy atom. The summed E-state index contributed by atoms with van der Waals surface area (Å²) in [5.41, 5.74) is 3.23. The highest BCUT2D eigenvalue weighted by Gasteiger charge is 2.40. The SMILES string of the molecule is Cc1c(Cl)cccc1NC(=O)C1CCN(S(=O)(=O)c2ccc3c(c2)C[C@H](C)N3C(=O)C2CC2)CC1. The zero-order valence-electron chi connectivity index (χ0n) is 20.0. The molecule has 186 valence electrons. The summed E-state index contributed by atoms with van der Waals surface area (Å²) >= 11 is 6.15. The smallest absolute Gasteiger partial charge is 0.243 e. The van der Waals surface area contributed by atoms with E-state index in [9.17, 15) is 18.0 Å². The quantitative estimate of drug-likeness (QED) is 0.640. The lowest BCUT2D eigenvalue weighted by Crippen LogP contribution is -2.41. The highest BCUT2D eigenvalue weighted by Crippen LogP contribution is 2.40. The van der Waals surface area contributed by atoms with E-state index in [4.69, 9.17) is 11.6 Å². The lowest BCUT2D eigenvalue weighted by molar-refractivity contribution is -0.121. The van der Waals surface area contributed by atoms with E-state index >= 15 is 0 Å². The van der Waals surface area contributed by atoms with Gasteiger partial charge in [-0.15, -0.1) is 0 Å². The number of benzene rings is 2. The maximum absolute atomic E-state index is 13.4. The van der Waals surface area contributed by atoms with E-state index in [1.165, 1.54) is 4.31 Å². The van der Waals surface area contributed by atoms with Crippen LogP contribution in [0.4, 0.5) is 11.4 Å². The molecule has 0 unspecified atom stereocenters.